The first-order valence-corrected chi connectivity index (χ1v) is 6.75. The van der Waals surface area contributed by atoms with Crippen molar-refractivity contribution in [3.05, 3.63) is 34.9 Å². The van der Waals surface area contributed by atoms with E-state index in [0.29, 0.717) is 5.02 Å². The minimum atomic E-state index is -0.475. The van der Waals surface area contributed by atoms with E-state index >= 15 is 0 Å². The average Bonchev–Trinajstić information content (AvgIpc) is 2.89. The second-order valence-corrected chi connectivity index (χ2v) is 5.45. The summed E-state index contributed by atoms with van der Waals surface area (Å²) >= 11 is 6.00. The highest BCUT2D eigenvalue weighted by molar-refractivity contribution is 6.30. The van der Waals surface area contributed by atoms with Crippen molar-refractivity contribution in [3.8, 4) is 0 Å². The quantitative estimate of drug-likeness (QED) is 0.862. The summed E-state index contributed by atoms with van der Waals surface area (Å²) < 4.78 is 5.58. The summed E-state index contributed by atoms with van der Waals surface area (Å²) in [6, 6.07) is 7.60. The molecule has 1 aliphatic rings. The van der Waals surface area contributed by atoms with Gasteiger partial charge in [0.1, 0.15) is 0 Å². The van der Waals surface area contributed by atoms with E-state index in [1.807, 2.05) is 31.2 Å². The van der Waals surface area contributed by atoms with Crippen molar-refractivity contribution in [1.82, 2.24) is 5.32 Å². The van der Waals surface area contributed by atoms with Gasteiger partial charge in [-0.2, -0.15) is 0 Å². The Labute approximate surface area is 113 Å². The maximum absolute atomic E-state index is 9.66. The van der Waals surface area contributed by atoms with Crippen LogP contribution in [0.15, 0.2) is 24.3 Å². The van der Waals surface area contributed by atoms with Gasteiger partial charge in [-0.25, -0.2) is 0 Å². The molecule has 1 aliphatic heterocycles. The van der Waals surface area contributed by atoms with Gasteiger partial charge in [-0.05, 0) is 37.5 Å². The van der Waals surface area contributed by atoms with Crippen LogP contribution in [-0.4, -0.2) is 31.0 Å². The maximum atomic E-state index is 9.66. The van der Waals surface area contributed by atoms with Crippen LogP contribution in [0.2, 0.25) is 5.02 Å². The summed E-state index contributed by atoms with van der Waals surface area (Å²) in [6.45, 7) is 3.61. The molecule has 18 heavy (non-hydrogen) atoms. The normalized spacial score (nSPS) is 22.9. The van der Waals surface area contributed by atoms with Crippen LogP contribution in [0, 0.1) is 0 Å². The number of halogens is 1. The van der Waals surface area contributed by atoms with Gasteiger partial charge in [0.15, 0.2) is 0 Å². The summed E-state index contributed by atoms with van der Waals surface area (Å²) in [5.74, 6) is 0. The molecule has 2 rings (SSSR count). The third-order valence-corrected chi connectivity index (χ3v) is 3.76. The van der Waals surface area contributed by atoms with Gasteiger partial charge in [0.2, 0.25) is 0 Å². The summed E-state index contributed by atoms with van der Waals surface area (Å²) in [4.78, 5) is 0. The fraction of sp³-hybridized carbons (Fsp3) is 0.571. The summed E-state index contributed by atoms with van der Waals surface area (Å²) in [5.41, 5.74) is 0.520. The highest BCUT2D eigenvalue weighted by atomic mass is 35.5. The molecule has 0 radical (unpaired) electrons. The topological polar surface area (TPSA) is 41.5 Å². The Balaban J connectivity index is 2.04. The van der Waals surface area contributed by atoms with Gasteiger partial charge in [-0.1, -0.05) is 23.7 Å². The van der Waals surface area contributed by atoms with Gasteiger partial charge in [0.25, 0.3) is 0 Å². The predicted octanol–water partition coefficient (Wildman–Crippen LogP) is 2.32. The minimum Gasteiger partial charge on any atom is -0.394 e. The molecular weight excluding hydrogens is 250 g/mol. The summed E-state index contributed by atoms with van der Waals surface area (Å²) in [6.07, 6.45) is 2.47. The Morgan fingerprint density at radius 2 is 2.39 bits per heavy atom. The second kappa shape index (κ2) is 6.02. The molecule has 1 aromatic rings. The van der Waals surface area contributed by atoms with Crippen molar-refractivity contribution >= 4 is 11.6 Å². The molecule has 2 unspecified atom stereocenters. The first kappa shape index (κ1) is 13.8. The number of benzene rings is 1. The van der Waals surface area contributed by atoms with Crippen LogP contribution in [-0.2, 0) is 10.3 Å². The second-order valence-electron chi connectivity index (χ2n) is 5.02. The van der Waals surface area contributed by atoms with Gasteiger partial charge in [-0.15, -0.1) is 0 Å². The van der Waals surface area contributed by atoms with Gasteiger partial charge in [0, 0.05) is 18.2 Å². The lowest BCUT2D eigenvalue weighted by atomic mass is 9.92. The third-order valence-electron chi connectivity index (χ3n) is 3.52. The molecular formula is C14H20ClNO2. The molecule has 0 bridgehead atoms. The largest absolute Gasteiger partial charge is 0.394 e. The summed E-state index contributed by atoms with van der Waals surface area (Å²) in [5, 5.41) is 13.7. The fourth-order valence-electron chi connectivity index (χ4n) is 2.23. The molecule has 1 heterocycles. The lowest BCUT2D eigenvalue weighted by molar-refractivity contribution is 0.0910. The molecule has 2 N–H and O–H groups in total. The van der Waals surface area contributed by atoms with Crippen LogP contribution in [0.4, 0.5) is 0 Å². The van der Waals surface area contributed by atoms with Gasteiger partial charge < -0.3 is 15.2 Å². The van der Waals surface area contributed by atoms with Crippen molar-refractivity contribution in [2.75, 3.05) is 19.8 Å². The zero-order valence-electron chi connectivity index (χ0n) is 10.7. The van der Waals surface area contributed by atoms with E-state index in [9.17, 15) is 5.11 Å². The monoisotopic (exact) mass is 269 g/mol. The standard InChI is InChI=1S/C14H20ClNO2/c1-14(10-17,11-4-2-5-12(15)8-11)16-9-13-6-3-7-18-13/h2,4-5,8,13,16-17H,3,6-7,9-10H2,1H3. The van der Waals surface area contributed by atoms with E-state index in [-0.39, 0.29) is 12.7 Å². The number of nitrogens with one attached hydrogen (secondary N) is 1. The lowest BCUT2D eigenvalue weighted by Gasteiger charge is -2.31. The molecule has 0 amide bonds. The molecule has 0 aromatic heterocycles. The molecule has 0 aliphatic carbocycles. The van der Waals surface area contributed by atoms with Gasteiger partial charge in [-0.3, -0.25) is 0 Å². The summed E-state index contributed by atoms with van der Waals surface area (Å²) in [7, 11) is 0. The molecule has 0 saturated carbocycles. The van der Waals surface area contributed by atoms with Crippen molar-refractivity contribution in [2.24, 2.45) is 0 Å². The number of hydrogen-bond acceptors (Lipinski definition) is 3. The maximum Gasteiger partial charge on any atom is 0.0700 e. The number of aliphatic hydroxyl groups is 1. The van der Waals surface area contributed by atoms with Gasteiger partial charge >= 0.3 is 0 Å². The molecule has 100 valence electrons. The molecule has 4 heteroatoms. The van der Waals surface area contributed by atoms with Crippen molar-refractivity contribution in [3.63, 3.8) is 0 Å². The molecule has 2 atom stereocenters. The Morgan fingerprint density at radius 3 is 3.00 bits per heavy atom. The van der Waals surface area contributed by atoms with Crippen LogP contribution < -0.4 is 5.32 Å². The molecule has 1 fully saturated rings. The van der Waals surface area contributed by atoms with Crippen LogP contribution in [0.3, 0.4) is 0 Å². The molecule has 0 spiro atoms. The number of aliphatic hydroxyl groups excluding tert-OH is 1. The van der Waals surface area contributed by atoms with E-state index in [1.165, 1.54) is 0 Å². The van der Waals surface area contributed by atoms with Crippen molar-refractivity contribution in [1.29, 1.82) is 0 Å². The third kappa shape index (κ3) is 3.23. The minimum absolute atomic E-state index is 0.0278. The van der Waals surface area contributed by atoms with Crippen LogP contribution >= 0.6 is 11.6 Å². The Bertz CT molecular complexity index is 393. The SMILES string of the molecule is CC(CO)(NCC1CCCO1)c1cccc(Cl)c1. The number of ether oxygens (including phenoxy) is 1. The highest BCUT2D eigenvalue weighted by Crippen LogP contribution is 2.24. The van der Waals surface area contributed by atoms with Crippen LogP contribution in [0.25, 0.3) is 0 Å². The van der Waals surface area contributed by atoms with E-state index in [1.54, 1.807) is 0 Å². The number of hydrogen-bond donors (Lipinski definition) is 2. The molecule has 3 nitrogen and oxygen atoms in total. The number of rotatable bonds is 5. The fourth-order valence-corrected chi connectivity index (χ4v) is 2.42. The van der Waals surface area contributed by atoms with E-state index in [4.69, 9.17) is 16.3 Å². The van der Waals surface area contributed by atoms with E-state index in [2.05, 4.69) is 5.32 Å². The lowest BCUT2D eigenvalue weighted by Crippen LogP contribution is -2.46. The Hall–Kier alpha value is -0.610. The first-order chi connectivity index (χ1) is 8.64. The molecule has 1 aromatic carbocycles. The van der Waals surface area contributed by atoms with Crippen LogP contribution in [0.1, 0.15) is 25.3 Å². The average molecular weight is 270 g/mol. The highest BCUT2D eigenvalue weighted by Gasteiger charge is 2.27. The zero-order valence-corrected chi connectivity index (χ0v) is 11.4. The van der Waals surface area contributed by atoms with E-state index < -0.39 is 5.54 Å². The Morgan fingerprint density at radius 1 is 1.56 bits per heavy atom. The molecule has 1 saturated heterocycles. The first-order valence-electron chi connectivity index (χ1n) is 6.37. The van der Waals surface area contributed by atoms with Crippen molar-refractivity contribution in [2.45, 2.75) is 31.4 Å². The zero-order chi connectivity index (χ0) is 13.0. The van der Waals surface area contributed by atoms with Gasteiger partial charge in [0.05, 0.1) is 18.2 Å². The van der Waals surface area contributed by atoms with E-state index in [0.717, 1.165) is 31.6 Å². The Kier molecular flexibility index (Phi) is 4.62. The smallest absolute Gasteiger partial charge is 0.0700 e. The van der Waals surface area contributed by atoms with Crippen LogP contribution in [0.5, 0.6) is 0 Å². The van der Waals surface area contributed by atoms with Crippen molar-refractivity contribution < 1.29 is 9.84 Å². The predicted molar refractivity (Wildman–Crippen MR) is 72.9 cm³/mol.